The number of carbonyl (C=O) groups excluding carboxylic acids is 2. The fraction of sp³-hybridized carbons (Fsp3) is 0.0476. The van der Waals surface area contributed by atoms with E-state index < -0.39 is 24.3 Å². The Morgan fingerprint density at radius 3 is 2.14 bits per heavy atom. The molecule has 4 rings (SSSR count). The monoisotopic (exact) mass is 413 g/mol. The summed E-state index contributed by atoms with van der Waals surface area (Å²) < 4.78 is 19.0. The molecule has 1 amide bonds. The molecule has 1 aliphatic heterocycles. The van der Waals surface area contributed by atoms with Crippen molar-refractivity contribution in [2.75, 3.05) is 11.5 Å². The highest BCUT2D eigenvalue weighted by Gasteiger charge is 2.29. The summed E-state index contributed by atoms with van der Waals surface area (Å²) in [6.07, 6.45) is 0. The normalized spacial score (nSPS) is 12.1. The Hall–Kier alpha value is -2.83. The van der Waals surface area contributed by atoms with E-state index in [0.717, 1.165) is 15.9 Å². The van der Waals surface area contributed by atoms with E-state index in [4.69, 9.17) is 16.3 Å². The molecule has 0 spiro atoms. The van der Waals surface area contributed by atoms with Gasteiger partial charge in [-0.05, 0) is 36.4 Å². The zero-order valence-corrected chi connectivity index (χ0v) is 16.0. The highest BCUT2D eigenvalue weighted by atomic mass is 35.5. The highest BCUT2D eigenvalue weighted by Crippen LogP contribution is 2.47. The van der Waals surface area contributed by atoms with Crippen molar-refractivity contribution in [3.05, 3.63) is 83.1 Å². The van der Waals surface area contributed by atoms with Gasteiger partial charge in [0.1, 0.15) is 11.4 Å². The Labute approximate surface area is 169 Å². The maximum atomic E-state index is 13.9. The summed E-state index contributed by atoms with van der Waals surface area (Å²) in [4.78, 5) is 28.5. The zero-order valence-electron chi connectivity index (χ0n) is 14.4. The topological polar surface area (TPSA) is 46.6 Å². The smallest absolute Gasteiger partial charge is 0.343 e. The molecule has 3 aromatic rings. The fourth-order valence-electron chi connectivity index (χ4n) is 2.93. The fourth-order valence-corrected chi connectivity index (χ4v) is 4.23. The molecule has 1 heterocycles. The Bertz CT molecular complexity index is 1020. The lowest BCUT2D eigenvalue weighted by atomic mass is 10.2. The molecule has 0 bridgehead atoms. The van der Waals surface area contributed by atoms with Crippen molar-refractivity contribution in [3.8, 4) is 0 Å². The number of rotatable bonds is 3. The van der Waals surface area contributed by atoms with Crippen LogP contribution < -0.4 is 4.90 Å². The molecule has 0 saturated carbocycles. The minimum atomic E-state index is -0.982. The van der Waals surface area contributed by atoms with E-state index in [1.165, 1.54) is 17.0 Å². The molecule has 0 aromatic heterocycles. The number of esters is 1. The summed E-state index contributed by atoms with van der Waals surface area (Å²) in [5.74, 6) is -2.22. The van der Waals surface area contributed by atoms with Crippen LogP contribution in [0.2, 0.25) is 5.02 Å². The third-order valence-electron chi connectivity index (χ3n) is 4.18. The van der Waals surface area contributed by atoms with E-state index in [0.29, 0.717) is 11.4 Å². The van der Waals surface area contributed by atoms with Crippen LogP contribution in [0.5, 0.6) is 0 Å². The number of amides is 1. The predicted octanol–water partition coefficient (Wildman–Crippen LogP) is 5.47. The van der Waals surface area contributed by atoms with Crippen molar-refractivity contribution in [1.29, 1.82) is 0 Å². The number of fused-ring (bicyclic) bond motifs is 2. The van der Waals surface area contributed by atoms with Crippen molar-refractivity contribution >= 4 is 46.6 Å². The second-order valence-corrected chi connectivity index (χ2v) is 7.43. The average molecular weight is 414 g/mol. The molecule has 0 aliphatic carbocycles. The molecule has 1 aliphatic rings. The van der Waals surface area contributed by atoms with Crippen LogP contribution in [0.15, 0.2) is 76.5 Å². The predicted molar refractivity (Wildman–Crippen MR) is 106 cm³/mol. The van der Waals surface area contributed by atoms with Crippen LogP contribution in [0, 0.1) is 5.82 Å². The first-order valence-corrected chi connectivity index (χ1v) is 9.55. The van der Waals surface area contributed by atoms with E-state index in [1.807, 2.05) is 48.5 Å². The largest absolute Gasteiger partial charge is 0.452 e. The molecule has 140 valence electrons. The number of para-hydroxylation sites is 2. The number of halogens is 2. The van der Waals surface area contributed by atoms with Crippen LogP contribution in [0.1, 0.15) is 10.4 Å². The van der Waals surface area contributed by atoms with Crippen LogP contribution in [0.25, 0.3) is 0 Å². The summed E-state index contributed by atoms with van der Waals surface area (Å²) in [6.45, 7) is -0.545. The number of hydrogen-bond acceptors (Lipinski definition) is 4. The lowest BCUT2D eigenvalue weighted by molar-refractivity contribution is -0.121. The Morgan fingerprint density at radius 1 is 0.929 bits per heavy atom. The molecular formula is C21H13ClFNO3S. The van der Waals surface area contributed by atoms with Gasteiger partial charge in [0.15, 0.2) is 6.61 Å². The SMILES string of the molecule is O=C(OCC(=O)N1c2ccccc2Sc2ccccc21)c1c(F)cccc1Cl. The van der Waals surface area contributed by atoms with E-state index in [1.54, 1.807) is 11.8 Å². The standard InChI is InChI=1S/C21H13ClFNO3S/c22-13-6-5-7-14(23)20(13)21(26)27-12-19(25)24-15-8-1-3-10-17(15)28-18-11-4-2-9-16(18)24/h1-11H,12H2. The van der Waals surface area contributed by atoms with Gasteiger partial charge in [0.25, 0.3) is 5.91 Å². The molecule has 7 heteroatoms. The minimum absolute atomic E-state index is 0.0671. The van der Waals surface area contributed by atoms with Gasteiger partial charge in [0.2, 0.25) is 0 Å². The number of anilines is 2. The molecule has 0 saturated heterocycles. The van der Waals surface area contributed by atoms with Gasteiger partial charge in [-0.15, -0.1) is 0 Å². The second kappa shape index (κ2) is 7.66. The van der Waals surface area contributed by atoms with E-state index in [2.05, 4.69) is 0 Å². The van der Waals surface area contributed by atoms with Gasteiger partial charge in [-0.2, -0.15) is 0 Å². The van der Waals surface area contributed by atoms with Gasteiger partial charge in [0.05, 0.1) is 16.4 Å². The molecular weight excluding hydrogens is 401 g/mol. The van der Waals surface area contributed by atoms with Crippen LogP contribution in [0.3, 0.4) is 0 Å². The maximum Gasteiger partial charge on any atom is 0.343 e. The van der Waals surface area contributed by atoms with Crippen LogP contribution in [0.4, 0.5) is 15.8 Å². The molecule has 3 aromatic carbocycles. The number of ether oxygens (including phenoxy) is 1. The molecule has 0 N–H and O–H groups in total. The van der Waals surface area contributed by atoms with Gasteiger partial charge in [-0.25, -0.2) is 9.18 Å². The summed E-state index contributed by atoms with van der Waals surface area (Å²) >= 11 is 7.44. The lowest BCUT2D eigenvalue weighted by Crippen LogP contribution is -2.32. The van der Waals surface area contributed by atoms with E-state index in [9.17, 15) is 14.0 Å². The first-order valence-electron chi connectivity index (χ1n) is 8.36. The van der Waals surface area contributed by atoms with Crippen molar-refractivity contribution in [1.82, 2.24) is 0 Å². The average Bonchev–Trinajstić information content (AvgIpc) is 2.70. The number of nitrogens with zero attached hydrogens (tertiary/aromatic N) is 1. The first-order chi connectivity index (χ1) is 13.6. The van der Waals surface area contributed by atoms with Gasteiger partial charge in [-0.3, -0.25) is 9.69 Å². The molecule has 0 fully saturated rings. The van der Waals surface area contributed by atoms with Crippen molar-refractivity contribution in [3.63, 3.8) is 0 Å². The Kier molecular flexibility index (Phi) is 5.07. The molecule has 4 nitrogen and oxygen atoms in total. The van der Waals surface area contributed by atoms with Gasteiger partial charge < -0.3 is 4.74 Å². The molecule has 0 atom stereocenters. The van der Waals surface area contributed by atoms with E-state index in [-0.39, 0.29) is 10.6 Å². The summed E-state index contributed by atoms with van der Waals surface area (Å²) in [6, 6.07) is 18.8. The van der Waals surface area contributed by atoms with E-state index >= 15 is 0 Å². The van der Waals surface area contributed by atoms with Crippen molar-refractivity contribution < 1.29 is 18.7 Å². The first kappa shape index (κ1) is 18.5. The number of carbonyl (C=O) groups is 2. The molecule has 28 heavy (non-hydrogen) atoms. The Morgan fingerprint density at radius 2 is 1.54 bits per heavy atom. The number of hydrogen-bond donors (Lipinski definition) is 0. The highest BCUT2D eigenvalue weighted by molar-refractivity contribution is 7.99. The van der Waals surface area contributed by atoms with Crippen LogP contribution >= 0.6 is 23.4 Å². The maximum absolute atomic E-state index is 13.9. The lowest BCUT2D eigenvalue weighted by Gasteiger charge is -2.30. The van der Waals surface area contributed by atoms with Crippen molar-refractivity contribution in [2.45, 2.75) is 9.79 Å². The minimum Gasteiger partial charge on any atom is -0.452 e. The zero-order chi connectivity index (χ0) is 19.7. The van der Waals surface area contributed by atoms with Crippen LogP contribution in [-0.4, -0.2) is 18.5 Å². The number of benzene rings is 3. The van der Waals surface area contributed by atoms with Crippen molar-refractivity contribution in [2.24, 2.45) is 0 Å². The Balaban J connectivity index is 1.60. The second-order valence-electron chi connectivity index (χ2n) is 5.94. The quantitative estimate of drug-likeness (QED) is 0.534. The van der Waals surface area contributed by atoms with Gasteiger partial charge in [-0.1, -0.05) is 53.7 Å². The summed E-state index contributed by atoms with van der Waals surface area (Å²) in [7, 11) is 0. The third-order valence-corrected chi connectivity index (χ3v) is 5.62. The summed E-state index contributed by atoms with van der Waals surface area (Å²) in [5, 5.41) is -0.0671. The summed E-state index contributed by atoms with van der Waals surface area (Å²) in [5.41, 5.74) is 1.03. The van der Waals surface area contributed by atoms with Gasteiger partial charge in [0, 0.05) is 9.79 Å². The third kappa shape index (κ3) is 3.37. The van der Waals surface area contributed by atoms with Gasteiger partial charge >= 0.3 is 5.97 Å². The molecule has 0 radical (unpaired) electrons. The molecule has 0 unspecified atom stereocenters. The van der Waals surface area contributed by atoms with Crippen LogP contribution in [-0.2, 0) is 9.53 Å².